The normalized spacial score (nSPS) is 17.0. The summed E-state index contributed by atoms with van der Waals surface area (Å²) in [6.07, 6.45) is 11.8. The van der Waals surface area contributed by atoms with E-state index in [0.717, 1.165) is 44.8 Å². The molecule has 5 nitrogen and oxygen atoms in total. The van der Waals surface area contributed by atoms with E-state index in [-0.39, 0.29) is 5.78 Å². The molecule has 1 N–H and O–H groups in total. The number of hydrogen-bond donors (Lipinski definition) is 1. The Kier molecular flexibility index (Phi) is 4.81. The van der Waals surface area contributed by atoms with Crippen molar-refractivity contribution in [1.29, 1.82) is 0 Å². The summed E-state index contributed by atoms with van der Waals surface area (Å²) in [6, 6.07) is 17.8. The molecule has 8 bridgehead atoms. The predicted octanol–water partition coefficient (Wildman–Crippen LogP) is 4.44. The molecule has 6 rings (SSSR count). The molecule has 0 unspecified atom stereocenters. The topological polar surface area (TPSA) is 53.4 Å². The van der Waals surface area contributed by atoms with Gasteiger partial charge in [0.1, 0.15) is 5.70 Å². The maximum absolute atomic E-state index is 13.6. The van der Waals surface area contributed by atoms with Crippen molar-refractivity contribution in [3.63, 3.8) is 0 Å². The Labute approximate surface area is 206 Å². The van der Waals surface area contributed by atoms with Crippen molar-refractivity contribution >= 4 is 67.6 Å². The molecular weight excluding hydrogens is 544 g/mol. The van der Waals surface area contributed by atoms with Crippen LogP contribution in [0.15, 0.2) is 94.9 Å². The highest BCUT2D eigenvalue weighted by Crippen LogP contribution is 2.39. The van der Waals surface area contributed by atoms with E-state index in [1.54, 1.807) is 3.93 Å². The highest BCUT2D eigenvalue weighted by Gasteiger charge is 2.34. The molecule has 0 fully saturated rings. The number of carbonyl (C=O) groups is 1. The molecule has 160 valence electrons. The Morgan fingerprint density at radius 2 is 1.52 bits per heavy atom. The van der Waals surface area contributed by atoms with E-state index >= 15 is 0 Å². The van der Waals surface area contributed by atoms with Gasteiger partial charge in [-0.15, -0.1) is 0 Å². The lowest BCUT2D eigenvalue weighted by Crippen LogP contribution is -2.19. The van der Waals surface area contributed by atoms with Crippen LogP contribution in [0.2, 0.25) is 0 Å². The van der Waals surface area contributed by atoms with E-state index in [4.69, 9.17) is 4.99 Å². The molecule has 0 aliphatic carbocycles. The first kappa shape index (κ1) is 20.2. The second-order valence-electron chi connectivity index (χ2n) is 7.83. The van der Waals surface area contributed by atoms with E-state index in [2.05, 4.69) is 37.3 Å². The zero-order valence-electron chi connectivity index (χ0n) is 17.2. The first-order valence-electron chi connectivity index (χ1n) is 10.3. The third kappa shape index (κ3) is 3.53. The maximum Gasteiger partial charge on any atom is 0.213 e. The third-order valence-electron chi connectivity index (χ3n) is 5.67. The molecule has 3 aromatic rings. The Bertz CT molecular complexity index is 1600. The number of nitrogens with one attached hydrogen (secondary N) is 1. The van der Waals surface area contributed by atoms with E-state index < -0.39 is 0 Å². The molecule has 7 heteroatoms. The van der Waals surface area contributed by atoms with Gasteiger partial charge >= 0.3 is 0 Å². The van der Waals surface area contributed by atoms with E-state index in [1.807, 2.05) is 94.6 Å². The van der Waals surface area contributed by atoms with Crippen LogP contribution in [0.4, 0.5) is 0 Å². The van der Waals surface area contributed by atoms with E-state index in [1.165, 1.54) is 0 Å². The summed E-state index contributed by atoms with van der Waals surface area (Å²) in [5.41, 5.74) is 6.16. The van der Waals surface area contributed by atoms with Crippen LogP contribution in [0.25, 0.3) is 23.8 Å². The van der Waals surface area contributed by atoms with Crippen LogP contribution in [0, 0.1) is 0 Å². The first-order chi connectivity index (χ1) is 16.1. The van der Waals surface area contributed by atoms with Crippen molar-refractivity contribution < 1.29 is 4.79 Å². The fraction of sp³-hybridized carbons (Fsp3) is 0. The zero-order valence-corrected chi connectivity index (χ0v) is 20.3. The molecule has 0 atom stereocenters. The summed E-state index contributed by atoms with van der Waals surface area (Å²) in [5.74, 6) is -0.0503. The summed E-state index contributed by atoms with van der Waals surface area (Å²) in [7, 11) is 0. The van der Waals surface area contributed by atoms with E-state index in [9.17, 15) is 4.79 Å². The average molecular weight is 560 g/mol. The van der Waals surface area contributed by atoms with Crippen molar-refractivity contribution in [3.05, 3.63) is 118 Å². The molecule has 5 heterocycles. The predicted molar refractivity (Wildman–Crippen MR) is 139 cm³/mol. The van der Waals surface area contributed by atoms with Crippen LogP contribution in [0.1, 0.15) is 17.0 Å². The van der Waals surface area contributed by atoms with Crippen molar-refractivity contribution in [2.75, 3.05) is 0 Å². The van der Waals surface area contributed by atoms with Gasteiger partial charge in [-0.25, -0.2) is 4.99 Å². The van der Waals surface area contributed by atoms with Crippen LogP contribution >= 0.6 is 32.3 Å². The van der Waals surface area contributed by atoms with Gasteiger partial charge in [-0.3, -0.25) is 12.3 Å². The molecule has 3 aliphatic rings. The number of hydrogen-bond acceptors (Lipinski definition) is 3. The van der Waals surface area contributed by atoms with Gasteiger partial charge in [-0.1, -0.05) is 30.3 Å². The first-order valence-corrected chi connectivity index (χ1v) is 11.8. The number of aliphatic imine (C=N–C) groups is 1. The standard InChI is InChI=1S/C26H16Br2N4O/c27-31-21-10-11-22(31)13-18-7-9-20(30-18)15-24-26(33)25(16-4-2-1-3-5-16)23(32(24)28)14-19-8-6-17(12-21)29-19/h1-15,30H. The highest BCUT2D eigenvalue weighted by atomic mass is 79.9. The maximum atomic E-state index is 13.6. The lowest BCUT2D eigenvalue weighted by atomic mass is 10.0. The number of carbonyl (C=O) groups excluding carboxylic acids is 1. The number of allylic oxidation sites excluding steroid dienone is 4. The third-order valence-corrected chi connectivity index (χ3v) is 7.25. The molecule has 0 saturated heterocycles. The van der Waals surface area contributed by atoms with Gasteiger partial charge in [0.25, 0.3) is 0 Å². The van der Waals surface area contributed by atoms with Crippen molar-refractivity contribution in [3.8, 4) is 0 Å². The van der Waals surface area contributed by atoms with Crippen LogP contribution in [0.5, 0.6) is 0 Å². The quantitative estimate of drug-likeness (QED) is 0.448. The summed E-state index contributed by atoms with van der Waals surface area (Å²) >= 11 is 7.29. The average Bonchev–Trinajstić information content (AvgIpc) is 3.58. The van der Waals surface area contributed by atoms with Crippen LogP contribution < -0.4 is 10.7 Å². The summed E-state index contributed by atoms with van der Waals surface area (Å²) in [6.45, 7) is 0. The molecule has 1 aromatic carbocycles. The SMILES string of the molecule is O=C1C2=Cc3ccc([nH]3)C=c3ccc(n3Br)=CC3=NC(=CC(=C1c1ccccc1)N2Br)C=C3. The van der Waals surface area contributed by atoms with Gasteiger partial charge in [0.15, 0.2) is 0 Å². The Hall–Kier alpha value is -3.42. The highest BCUT2D eigenvalue weighted by molar-refractivity contribution is 9.08. The number of nitrogens with zero attached hydrogens (tertiary/aromatic N) is 3. The Morgan fingerprint density at radius 1 is 0.788 bits per heavy atom. The number of benzene rings is 1. The second-order valence-corrected chi connectivity index (χ2v) is 9.25. The molecule has 2 aromatic heterocycles. The zero-order chi connectivity index (χ0) is 22.5. The smallest absolute Gasteiger partial charge is 0.213 e. The van der Waals surface area contributed by atoms with Crippen LogP contribution in [-0.4, -0.2) is 24.0 Å². The lowest BCUT2D eigenvalue weighted by molar-refractivity contribution is -0.110. The minimum absolute atomic E-state index is 0.0503. The molecule has 3 aliphatic heterocycles. The number of fused-ring (bicyclic) bond motifs is 7. The fourth-order valence-corrected chi connectivity index (χ4v) is 5.09. The summed E-state index contributed by atoms with van der Waals surface area (Å²) < 4.78 is 3.71. The van der Waals surface area contributed by atoms with Gasteiger partial charge in [0.05, 0.1) is 65.7 Å². The number of ketones is 1. The number of Topliss-reactive ketones (excluding diaryl/α,β-unsaturated/α-hetero) is 1. The lowest BCUT2D eigenvalue weighted by Gasteiger charge is -2.12. The molecule has 0 amide bonds. The molecule has 33 heavy (non-hydrogen) atoms. The minimum atomic E-state index is -0.0503. The van der Waals surface area contributed by atoms with E-state index in [0.29, 0.717) is 11.3 Å². The van der Waals surface area contributed by atoms with Gasteiger partial charge in [-0.05, 0) is 66.3 Å². The van der Waals surface area contributed by atoms with Crippen molar-refractivity contribution in [2.24, 2.45) is 4.99 Å². The second kappa shape index (κ2) is 7.86. The number of H-pyrrole nitrogens is 1. The fourth-order valence-electron chi connectivity index (χ4n) is 4.11. The Balaban J connectivity index is 1.62. The van der Waals surface area contributed by atoms with Gasteiger partial charge < -0.3 is 4.98 Å². The minimum Gasteiger partial charge on any atom is -0.355 e. The molecule has 0 radical (unpaired) electrons. The molecule has 0 spiro atoms. The van der Waals surface area contributed by atoms with Crippen LogP contribution in [-0.2, 0) is 4.79 Å². The number of aromatic nitrogens is 2. The number of halogens is 2. The van der Waals surface area contributed by atoms with Gasteiger partial charge in [0, 0.05) is 11.4 Å². The summed E-state index contributed by atoms with van der Waals surface area (Å²) in [5, 5.41) is 1.97. The monoisotopic (exact) mass is 558 g/mol. The summed E-state index contributed by atoms with van der Waals surface area (Å²) in [4.78, 5) is 21.7. The molecular formula is C26H16Br2N4O. The van der Waals surface area contributed by atoms with Gasteiger partial charge in [-0.2, -0.15) is 0 Å². The largest absolute Gasteiger partial charge is 0.355 e. The van der Waals surface area contributed by atoms with Gasteiger partial charge in [0.2, 0.25) is 5.78 Å². The molecule has 0 saturated carbocycles. The number of rotatable bonds is 1. The Morgan fingerprint density at radius 3 is 2.30 bits per heavy atom. The number of aromatic amines is 1. The van der Waals surface area contributed by atoms with Crippen LogP contribution in [0.3, 0.4) is 0 Å². The van der Waals surface area contributed by atoms with Crippen molar-refractivity contribution in [2.45, 2.75) is 0 Å². The van der Waals surface area contributed by atoms with Crippen molar-refractivity contribution in [1.82, 2.24) is 12.5 Å².